The van der Waals surface area contributed by atoms with Gasteiger partial charge < -0.3 is 47.5 Å². The smallest absolute Gasteiger partial charge is 0.410 e. The van der Waals surface area contributed by atoms with Crippen LogP contribution in [0.3, 0.4) is 0 Å². The number of hydrogen-bond donors (Lipinski definition) is 0. The lowest BCUT2D eigenvalue weighted by Crippen LogP contribution is -2.36. The minimum Gasteiger partial charge on any atom is -0.444 e. The van der Waals surface area contributed by atoms with E-state index in [1.807, 2.05) is 34.6 Å². The van der Waals surface area contributed by atoms with Crippen LogP contribution in [-0.4, -0.2) is 135 Å². The highest BCUT2D eigenvalue weighted by molar-refractivity contribution is 5.67. The Kier molecular flexibility index (Phi) is 23.6. The molecule has 0 aliphatic carbocycles. The molecule has 0 atom stereocenters. The van der Waals surface area contributed by atoms with Gasteiger partial charge >= 0.3 is 6.09 Å². The monoisotopic (exact) mass is 525 g/mol. The number of hydrogen-bond acceptors (Lipinski definition) is 10. The van der Waals surface area contributed by atoms with E-state index in [1.54, 1.807) is 7.05 Å². The maximum absolute atomic E-state index is 11.8. The number of likely N-dealkylation sites (N-methyl/N-ethyl adjacent to an activating group) is 1. The highest BCUT2D eigenvalue weighted by Gasteiger charge is 2.19. The van der Waals surface area contributed by atoms with Crippen molar-refractivity contribution in [1.82, 2.24) is 4.90 Å². The number of carbonyl (C=O) groups is 1. The highest BCUT2D eigenvalue weighted by Crippen LogP contribution is 2.08. The van der Waals surface area contributed by atoms with Gasteiger partial charge in [0, 0.05) is 13.6 Å². The fraction of sp³-hybridized carbons (Fsp3) is 0.960. The molecule has 216 valence electrons. The van der Waals surface area contributed by atoms with Crippen molar-refractivity contribution in [2.24, 2.45) is 0 Å². The van der Waals surface area contributed by atoms with E-state index >= 15 is 0 Å². The molecule has 0 radical (unpaired) electrons. The van der Waals surface area contributed by atoms with E-state index in [1.165, 1.54) is 4.90 Å². The minimum atomic E-state index is -0.502. The first-order valence-corrected chi connectivity index (χ1v) is 12.8. The number of amides is 1. The number of ether oxygens (including phenoxy) is 9. The zero-order chi connectivity index (χ0) is 26.9. The topological polar surface area (TPSA) is 103 Å². The van der Waals surface area contributed by atoms with Crippen molar-refractivity contribution in [3.05, 3.63) is 0 Å². The van der Waals surface area contributed by atoms with Crippen LogP contribution in [-0.2, 0) is 42.6 Å². The van der Waals surface area contributed by atoms with Gasteiger partial charge in [0.05, 0.1) is 105 Å². The molecule has 0 unspecified atom stereocenters. The van der Waals surface area contributed by atoms with Crippen molar-refractivity contribution in [3.63, 3.8) is 0 Å². The van der Waals surface area contributed by atoms with Crippen LogP contribution in [0.5, 0.6) is 0 Å². The molecule has 0 fully saturated rings. The lowest BCUT2D eigenvalue weighted by Gasteiger charge is -2.24. The predicted octanol–water partition coefficient (Wildman–Crippen LogP) is 2.39. The van der Waals surface area contributed by atoms with Gasteiger partial charge in [0.1, 0.15) is 5.60 Å². The van der Waals surface area contributed by atoms with Gasteiger partial charge in [-0.1, -0.05) is 0 Å². The first kappa shape index (κ1) is 35.0. The van der Waals surface area contributed by atoms with E-state index in [2.05, 4.69) is 0 Å². The van der Waals surface area contributed by atoms with Gasteiger partial charge in [0.15, 0.2) is 0 Å². The van der Waals surface area contributed by atoms with Gasteiger partial charge in [-0.25, -0.2) is 4.79 Å². The number of carbonyl (C=O) groups excluding carboxylic acids is 1. The second-order valence-corrected chi connectivity index (χ2v) is 9.11. The molecule has 0 saturated heterocycles. The molecule has 1 amide bonds. The maximum atomic E-state index is 11.8. The molecule has 0 aliphatic heterocycles. The molecule has 0 aliphatic rings. The first-order chi connectivity index (χ1) is 17.2. The zero-order valence-corrected chi connectivity index (χ0v) is 23.4. The summed E-state index contributed by atoms with van der Waals surface area (Å²) in [7, 11) is 1.68. The van der Waals surface area contributed by atoms with E-state index in [9.17, 15) is 4.79 Å². The molecule has 0 aromatic heterocycles. The quantitative estimate of drug-likeness (QED) is 0.165. The van der Waals surface area contributed by atoms with Crippen LogP contribution >= 0.6 is 0 Å². The van der Waals surface area contributed by atoms with Crippen LogP contribution in [0.2, 0.25) is 0 Å². The van der Waals surface area contributed by atoms with Crippen molar-refractivity contribution in [1.29, 1.82) is 0 Å². The SMILES string of the molecule is CC(C)OCCOCCOCCOCCOCCOCCOCCOCCN(C)C(=O)OC(C)(C)C. The van der Waals surface area contributed by atoms with Crippen LogP contribution in [0.1, 0.15) is 34.6 Å². The van der Waals surface area contributed by atoms with E-state index in [-0.39, 0.29) is 12.2 Å². The van der Waals surface area contributed by atoms with Gasteiger partial charge in [0.25, 0.3) is 0 Å². The minimum absolute atomic E-state index is 0.231. The van der Waals surface area contributed by atoms with Gasteiger partial charge in [-0.2, -0.15) is 0 Å². The Morgan fingerprint density at radius 2 is 0.889 bits per heavy atom. The summed E-state index contributed by atoms with van der Waals surface area (Å²) < 4.78 is 48.7. The Morgan fingerprint density at radius 1 is 0.583 bits per heavy atom. The number of nitrogens with zero attached hydrogens (tertiary/aromatic N) is 1. The Labute approximate surface area is 217 Å². The van der Waals surface area contributed by atoms with E-state index in [0.29, 0.717) is 106 Å². The highest BCUT2D eigenvalue weighted by atomic mass is 16.6. The summed E-state index contributed by atoms with van der Waals surface area (Å²) in [5.74, 6) is 0. The summed E-state index contributed by atoms with van der Waals surface area (Å²) in [6.45, 7) is 17.7. The second kappa shape index (κ2) is 24.3. The van der Waals surface area contributed by atoms with Gasteiger partial charge in [-0.05, 0) is 34.6 Å². The third kappa shape index (κ3) is 27.5. The molecule has 0 N–H and O–H groups in total. The maximum Gasteiger partial charge on any atom is 0.410 e. The van der Waals surface area contributed by atoms with Crippen molar-refractivity contribution in [2.45, 2.75) is 46.3 Å². The second-order valence-electron chi connectivity index (χ2n) is 9.11. The first-order valence-electron chi connectivity index (χ1n) is 12.8. The Balaban J connectivity index is 3.18. The van der Waals surface area contributed by atoms with E-state index in [0.717, 1.165) is 0 Å². The molecular weight excluding hydrogens is 474 g/mol. The van der Waals surface area contributed by atoms with E-state index in [4.69, 9.17) is 42.6 Å². The Bertz CT molecular complexity index is 488. The largest absolute Gasteiger partial charge is 0.444 e. The molecule has 0 spiro atoms. The van der Waals surface area contributed by atoms with E-state index < -0.39 is 5.60 Å². The summed E-state index contributed by atoms with van der Waals surface area (Å²) in [5, 5.41) is 0. The lowest BCUT2D eigenvalue weighted by atomic mass is 10.2. The summed E-state index contributed by atoms with van der Waals surface area (Å²) in [4.78, 5) is 13.3. The fourth-order valence-corrected chi connectivity index (χ4v) is 2.40. The van der Waals surface area contributed by atoms with Crippen LogP contribution in [0.15, 0.2) is 0 Å². The average Bonchev–Trinajstić information content (AvgIpc) is 2.80. The normalized spacial score (nSPS) is 11.9. The van der Waals surface area contributed by atoms with Crippen molar-refractivity contribution in [2.75, 3.05) is 113 Å². The molecule has 0 bridgehead atoms. The summed E-state index contributed by atoms with van der Waals surface area (Å²) in [6, 6.07) is 0. The standard InChI is InChI=1S/C25H51NO10/c1-23(2)35-22-21-34-20-19-33-18-17-32-16-15-31-14-13-30-12-11-29-10-9-28-8-7-26(6)24(27)36-25(3,4)5/h23H,7-22H2,1-6H3. The third-order valence-electron chi connectivity index (χ3n) is 4.19. The summed E-state index contributed by atoms with van der Waals surface area (Å²) in [6.07, 6.45) is -0.128. The van der Waals surface area contributed by atoms with Crippen LogP contribution < -0.4 is 0 Å². The molecular formula is C25H51NO10. The van der Waals surface area contributed by atoms with Crippen molar-refractivity contribution in [3.8, 4) is 0 Å². The molecule has 11 heteroatoms. The molecule has 0 saturated carbocycles. The van der Waals surface area contributed by atoms with Crippen molar-refractivity contribution < 1.29 is 47.4 Å². The molecule has 36 heavy (non-hydrogen) atoms. The van der Waals surface area contributed by atoms with Gasteiger partial charge in [-0.15, -0.1) is 0 Å². The molecule has 0 rings (SSSR count). The number of rotatable bonds is 25. The van der Waals surface area contributed by atoms with Gasteiger partial charge in [-0.3, -0.25) is 0 Å². The Hall–Kier alpha value is -1.05. The van der Waals surface area contributed by atoms with Gasteiger partial charge in [0.2, 0.25) is 0 Å². The molecule has 11 nitrogen and oxygen atoms in total. The summed E-state index contributed by atoms with van der Waals surface area (Å²) >= 11 is 0. The lowest BCUT2D eigenvalue weighted by molar-refractivity contribution is -0.0258. The average molecular weight is 526 g/mol. The van der Waals surface area contributed by atoms with Crippen LogP contribution in [0.25, 0.3) is 0 Å². The molecule has 0 heterocycles. The van der Waals surface area contributed by atoms with Crippen LogP contribution in [0.4, 0.5) is 4.79 Å². The fourth-order valence-electron chi connectivity index (χ4n) is 2.40. The summed E-state index contributed by atoms with van der Waals surface area (Å²) in [5.41, 5.74) is -0.502. The van der Waals surface area contributed by atoms with Crippen LogP contribution in [0, 0.1) is 0 Å². The Morgan fingerprint density at radius 3 is 1.19 bits per heavy atom. The predicted molar refractivity (Wildman–Crippen MR) is 136 cm³/mol. The zero-order valence-electron chi connectivity index (χ0n) is 23.4. The molecule has 0 aromatic rings. The molecule has 0 aromatic carbocycles. The third-order valence-corrected chi connectivity index (χ3v) is 4.19. The van der Waals surface area contributed by atoms with Crippen molar-refractivity contribution >= 4 is 6.09 Å².